The molecule has 9 nitrogen and oxygen atoms in total. The second kappa shape index (κ2) is 9.73. The lowest BCUT2D eigenvalue weighted by Crippen LogP contribution is -2.41. The molecule has 1 aliphatic rings. The molecule has 5 rings (SSSR count). The Balaban J connectivity index is 1.39. The fraction of sp³-hybridized carbons (Fsp3) is 0.200. The van der Waals surface area contributed by atoms with Crippen LogP contribution in [0.15, 0.2) is 61.1 Å². The summed E-state index contributed by atoms with van der Waals surface area (Å²) in [4.78, 5) is 36.4. The number of ketones is 1. The van der Waals surface area contributed by atoms with E-state index < -0.39 is 12.0 Å². The Morgan fingerprint density at radius 3 is 2.63 bits per heavy atom. The Bertz CT molecular complexity index is 1380. The average molecular weight is 492 g/mol. The maximum Gasteiger partial charge on any atom is 0.246 e. The number of fused-ring (bicyclic) bond motifs is 1. The van der Waals surface area contributed by atoms with Gasteiger partial charge in [0.05, 0.1) is 28.6 Å². The van der Waals surface area contributed by atoms with Crippen molar-refractivity contribution >= 4 is 40.1 Å². The van der Waals surface area contributed by atoms with Crippen LogP contribution in [0, 0.1) is 0 Å². The lowest BCUT2D eigenvalue weighted by atomic mass is 10.0. The normalized spacial score (nSPS) is 17.7. The molecule has 10 heteroatoms. The third kappa shape index (κ3) is 4.82. The number of halogens is 1. The second-order valence-corrected chi connectivity index (χ2v) is 8.58. The molecule has 2 aromatic heterocycles. The number of nitrogens with two attached hydrogens (primary N) is 1. The van der Waals surface area contributed by atoms with Crippen LogP contribution >= 0.6 is 11.6 Å². The predicted molar refractivity (Wildman–Crippen MR) is 131 cm³/mol. The van der Waals surface area contributed by atoms with Crippen LogP contribution in [0.2, 0.25) is 5.02 Å². The minimum atomic E-state index is -0.584. The van der Waals surface area contributed by atoms with Gasteiger partial charge in [-0.3, -0.25) is 9.59 Å². The lowest BCUT2D eigenvalue weighted by Gasteiger charge is -2.28. The first-order valence-electron chi connectivity index (χ1n) is 11.1. The predicted octanol–water partition coefficient (Wildman–Crippen LogP) is 4.08. The fourth-order valence-electron chi connectivity index (χ4n) is 4.05. The zero-order chi connectivity index (χ0) is 24.4. The number of amides is 1. The standard InChI is InChI=1S/C25H22ClN5O4/c26-19-10-16(35-15-4-2-1-3-5-15)7-8-17(19)22(32)18-11-28-24-21(18)25(30-13-29-24)31-14-6-9-20(23(27)33)34-12-14/h1-5,7-8,10-11,13-14,20H,6,9,12H2,(H2,27,33)(H2,28,29,30,31)/t14-,20+/m1/s1. The van der Waals surface area contributed by atoms with Crippen molar-refractivity contribution < 1.29 is 19.1 Å². The van der Waals surface area contributed by atoms with E-state index in [-0.39, 0.29) is 16.8 Å². The van der Waals surface area contributed by atoms with Gasteiger partial charge in [0.15, 0.2) is 5.78 Å². The Kier molecular flexibility index (Phi) is 6.35. The van der Waals surface area contributed by atoms with E-state index in [0.717, 1.165) is 0 Å². The topological polar surface area (TPSA) is 132 Å². The number of carbonyl (C=O) groups is 2. The third-order valence-corrected chi connectivity index (χ3v) is 6.13. The molecular formula is C25H22ClN5O4. The van der Waals surface area contributed by atoms with Crippen molar-refractivity contribution in [2.75, 3.05) is 11.9 Å². The molecule has 178 valence electrons. The van der Waals surface area contributed by atoms with Crippen molar-refractivity contribution in [3.63, 3.8) is 0 Å². The molecule has 2 atom stereocenters. The molecule has 4 N–H and O–H groups in total. The lowest BCUT2D eigenvalue weighted by molar-refractivity contribution is -0.132. The minimum absolute atomic E-state index is 0.0976. The molecule has 1 aliphatic heterocycles. The smallest absolute Gasteiger partial charge is 0.246 e. The van der Waals surface area contributed by atoms with Gasteiger partial charge in [0, 0.05) is 17.8 Å². The van der Waals surface area contributed by atoms with E-state index in [1.807, 2.05) is 30.3 Å². The van der Waals surface area contributed by atoms with E-state index >= 15 is 0 Å². The van der Waals surface area contributed by atoms with Gasteiger partial charge in [-0.2, -0.15) is 0 Å². The minimum Gasteiger partial charge on any atom is -0.457 e. The largest absolute Gasteiger partial charge is 0.457 e. The number of primary amides is 1. The number of hydrogen-bond donors (Lipinski definition) is 3. The monoisotopic (exact) mass is 491 g/mol. The highest BCUT2D eigenvalue weighted by Crippen LogP contribution is 2.32. The number of aromatic amines is 1. The number of carbonyl (C=O) groups excluding carboxylic acids is 2. The first-order chi connectivity index (χ1) is 17.0. The van der Waals surface area contributed by atoms with E-state index in [0.29, 0.717) is 58.9 Å². The molecule has 1 fully saturated rings. The molecule has 0 spiro atoms. The molecule has 1 saturated heterocycles. The number of rotatable bonds is 7. The Hall–Kier alpha value is -3.95. The van der Waals surface area contributed by atoms with E-state index in [1.165, 1.54) is 6.33 Å². The number of nitrogens with one attached hydrogen (secondary N) is 2. The number of hydrogen-bond acceptors (Lipinski definition) is 7. The van der Waals surface area contributed by atoms with Crippen molar-refractivity contribution in [2.24, 2.45) is 5.73 Å². The summed E-state index contributed by atoms with van der Waals surface area (Å²) in [6, 6.07) is 14.2. The van der Waals surface area contributed by atoms with E-state index in [1.54, 1.807) is 24.4 Å². The maximum absolute atomic E-state index is 13.5. The summed E-state index contributed by atoms with van der Waals surface area (Å²) in [5.74, 6) is 0.934. The van der Waals surface area contributed by atoms with Crippen LogP contribution in [0.1, 0.15) is 28.8 Å². The first kappa shape index (κ1) is 22.8. The van der Waals surface area contributed by atoms with E-state index in [4.69, 9.17) is 26.8 Å². The van der Waals surface area contributed by atoms with Gasteiger partial charge in [0.1, 0.15) is 35.4 Å². The number of nitrogens with zero attached hydrogens (tertiary/aromatic N) is 2. The summed E-state index contributed by atoms with van der Waals surface area (Å²) in [6.45, 7) is 0.293. The Morgan fingerprint density at radius 1 is 1.09 bits per heavy atom. The van der Waals surface area contributed by atoms with Gasteiger partial charge in [-0.05, 0) is 37.1 Å². The van der Waals surface area contributed by atoms with Crippen LogP contribution < -0.4 is 15.8 Å². The van der Waals surface area contributed by atoms with Crippen molar-refractivity contribution in [2.45, 2.75) is 25.0 Å². The molecule has 0 bridgehead atoms. The van der Waals surface area contributed by atoms with Gasteiger partial charge < -0.3 is 25.5 Å². The summed E-state index contributed by atoms with van der Waals surface area (Å²) >= 11 is 6.48. The number of aromatic nitrogens is 3. The van der Waals surface area contributed by atoms with Crippen LogP contribution in [-0.4, -0.2) is 45.4 Å². The summed E-state index contributed by atoms with van der Waals surface area (Å²) in [6.07, 6.45) is 3.60. The molecule has 4 aromatic rings. The van der Waals surface area contributed by atoms with Gasteiger partial charge in [-0.15, -0.1) is 0 Å². The van der Waals surface area contributed by atoms with Crippen molar-refractivity contribution in [3.05, 3.63) is 77.2 Å². The average Bonchev–Trinajstić information content (AvgIpc) is 3.30. The zero-order valence-electron chi connectivity index (χ0n) is 18.5. The quantitative estimate of drug-likeness (QED) is 0.332. The summed E-state index contributed by atoms with van der Waals surface area (Å²) in [5, 5.41) is 4.13. The summed E-state index contributed by atoms with van der Waals surface area (Å²) < 4.78 is 11.4. The second-order valence-electron chi connectivity index (χ2n) is 8.18. The third-order valence-electron chi connectivity index (χ3n) is 5.81. The SMILES string of the molecule is NC(=O)[C@@H]1CC[C@@H](Nc2ncnc3[nH]cc(C(=O)c4ccc(Oc5ccccc5)cc4Cl)c23)CO1. The van der Waals surface area contributed by atoms with Gasteiger partial charge in [0.25, 0.3) is 0 Å². The highest BCUT2D eigenvalue weighted by atomic mass is 35.5. The highest BCUT2D eigenvalue weighted by Gasteiger charge is 2.27. The highest BCUT2D eigenvalue weighted by molar-refractivity contribution is 6.35. The Morgan fingerprint density at radius 2 is 1.91 bits per heavy atom. The van der Waals surface area contributed by atoms with Crippen LogP contribution in [0.5, 0.6) is 11.5 Å². The molecule has 0 unspecified atom stereocenters. The van der Waals surface area contributed by atoms with Crippen LogP contribution in [0.4, 0.5) is 5.82 Å². The van der Waals surface area contributed by atoms with Gasteiger partial charge in [0.2, 0.25) is 5.91 Å². The van der Waals surface area contributed by atoms with Crippen molar-refractivity contribution in [1.82, 2.24) is 15.0 Å². The number of benzene rings is 2. The number of H-pyrrole nitrogens is 1. The van der Waals surface area contributed by atoms with Gasteiger partial charge in [-0.25, -0.2) is 9.97 Å². The van der Waals surface area contributed by atoms with Crippen molar-refractivity contribution in [1.29, 1.82) is 0 Å². The maximum atomic E-state index is 13.5. The number of ether oxygens (including phenoxy) is 2. The van der Waals surface area contributed by atoms with E-state index in [2.05, 4.69) is 20.3 Å². The van der Waals surface area contributed by atoms with E-state index in [9.17, 15) is 9.59 Å². The van der Waals surface area contributed by atoms with Crippen LogP contribution in [-0.2, 0) is 9.53 Å². The molecule has 1 amide bonds. The van der Waals surface area contributed by atoms with Crippen molar-refractivity contribution in [3.8, 4) is 11.5 Å². The van der Waals surface area contributed by atoms with Gasteiger partial charge >= 0.3 is 0 Å². The first-order valence-corrected chi connectivity index (χ1v) is 11.4. The molecule has 0 aliphatic carbocycles. The number of para-hydroxylation sites is 1. The zero-order valence-corrected chi connectivity index (χ0v) is 19.3. The van der Waals surface area contributed by atoms with Crippen LogP contribution in [0.25, 0.3) is 11.0 Å². The molecule has 35 heavy (non-hydrogen) atoms. The van der Waals surface area contributed by atoms with Crippen LogP contribution in [0.3, 0.4) is 0 Å². The molecule has 2 aromatic carbocycles. The molecule has 3 heterocycles. The summed E-state index contributed by atoms with van der Waals surface area (Å²) in [5.41, 5.74) is 6.55. The van der Waals surface area contributed by atoms with Gasteiger partial charge in [-0.1, -0.05) is 29.8 Å². The number of anilines is 1. The molecule has 0 saturated carbocycles. The summed E-state index contributed by atoms with van der Waals surface area (Å²) in [7, 11) is 0. The molecule has 0 radical (unpaired) electrons. The molecular weight excluding hydrogens is 470 g/mol. The fourth-order valence-corrected chi connectivity index (χ4v) is 4.30. The Labute approximate surface area is 205 Å².